The fourth-order valence-electron chi connectivity index (χ4n) is 1.98. The van der Waals surface area contributed by atoms with Crippen LogP contribution < -0.4 is 5.32 Å². The molecule has 1 saturated heterocycles. The topological polar surface area (TPSA) is 12.0 Å². The molecule has 0 amide bonds. The Kier molecular flexibility index (Phi) is 12.7. The molecule has 0 bridgehead atoms. The lowest BCUT2D eigenvalue weighted by Gasteiger charge is -2.35. The Labute approximate surface area is 109 Å². The van der Waals surface area contributed by atoms with Gasteiger partial charge in [-0.25, -0.2) is 0 Å². The molecule has 0 spiro atoms. The molecular weight excluding hydrogens is 206 g/mol. The average Bonchev–Trinajstić information content (AvgIpc) is 2.35. The van der Waals surface area contributed by atoms with Crippen molar-refractivity contribution in [1.29, 1.82) is 0 Å². The van der Waals surface area contributed by atoms with E-state index in [9.17, 15) is 0 Å². The molecule has 1 aliphatic heterocycles. The van der Waals surface area contributed by atoms with Gasteiger partial charge in [-0.3, -0.25) is 0 Å². The van der Waals surface area contributed by atoms with Crippen LogP contribution in [0.25, 0.3) is 0 Å². The average molecular weight is 237 g/mol. The molecular formula is C16H31N. The molecule has 0 aliphatic carbocycles. The normalized spacial score (nSPS) is 17.8. The second-order valence-electron chi connectivity index (χ2n) is 4.17. The van der Waals surface area contributed by atoms with E-state index in [4.69, 9.17) is 0 Å². The summed E-state index contributed by atoms with van der Waals surface area (Å²) in [6.45, 7) is 19.8. The number of hydrogen-bond donors (Lipinski definition) is 1. The minimum atomic E-state index is 0.377. The van der Waals surface area contributed by atoms with E-state index in [1.54, 1.807) is 6.08 Å². The van der Waals surface area contributed by atoms with Gasteiger partial charge in [0.05, 0.1) is 0 Å². The summed E-state index contributed by atoms with van der Waals surface area (Å²) in [5, 5.41) is 3.38. The molecule has 0 radical (unpaired) electrons. The fourth-order valence-corrected chi connectivity index (χ4v) is 1.98. The van der Waals surface area contributed by atoms with Gasteiger partial charge < -0.3 is 5.32 Å². The second-order valence-corrected chi connectivity index (χ2v) is 4.17. The van der Waals surface area contributed by atoms with E-state index in [0.717, 1.165) is 13.1 Å². The third kappa shape index (κ3) is 7.17. The highest BCUT2D eigenvalue weighted by molar-refractivity contribution is 5.24. The van der Waals surface area contributed by atoms with Crippen molar-refractivity contribution in [3.05, 3.63) is 37.0 Å². The van der Waals surface area contributed by atoms with Crippen molar-refractivity contribution < 1.29 is 0 Å². The Hall–Kier alpha value is -0.820. The summed E-state index contributed by atoms with van der Waals surface area (Å²) < 4.78 is 0. The van der Waals surface area contributed by atoms with Gasteiger partial charge in [-0.1, -0.05) is 45.6 Å². The Morgan fingerprint density at radius 2 is 1.53 bits per heavy atom. The van der Waals surface area contributed by atoms with E-state index in [2.05, 4.69) is 38.4 Å². The summed E-state index contributed by atoms with van der Waals surface area (Å²) in [6, 6.07) is 0. The van der Waals surface area contributed by atoms with Crippen molar-refractivity contribution in [2.24, 2.45) is 5.41 Å². The predicted molar refractivity (Wildman–Crippen MR) is 81.4 cm³/mol. The van der Waals surface area contributed by atoms with Gasteiger partial charge in [-0.15, -0.1) is 6.58 Å². The van der Waals surface area contributed by atoms with Crippen LogP contribution in [0.15, 0.2) is 37.0 Å². The van der Waals surface area contributed by atoms with Gasteiger partial charge in [0.25, 0.3) is 0 Å². The number of allylic oxidation sites excluding steroid dienone is 4. The van der Waals surface area contributed by atoms with Gasteiger partial charge in [0.15, 0.2) is 0 Å². The summed E-state index contributed by atoms with van der Waals surface area (Å²) in [7, 11) is 0. The highest BCUT2D eigenvalue weighted by atomic mass is 14.9. The Balaban J connectivity index is 0. The van der Waals surface area contributed by atoms with Gasteiger partial charge in [-0.05, 0) is 50.8 Å². The van der Waals surface area contributed by atoms with Crippen LogP contribution in [0, 0.1) is 5.41 Å². The molecule has 0 atom stereocenters. The number of hydrogen-bond acceptors (Lipinski definition) is 1. The fraction of sp³-hybridized carbons (Fsp3) is 0.625. The summed E-state index contributed by atoms with van der Waals surface area (Å²) in [5.74, 6) is 0. The molecule has 0 saturated carbocycles. The van der Waals surface area contributed by atoms with Crippen molar-refractivity contribution in [2.45, 2.75) is 47.5 Å². The first kappa shape index (κ1) is 18.5. The van der Waals surface area contributed by atoms with Gasteiger partial charge in [0.1, 0.15) is 0 Å². The quantitative estimate of drug-likeness (QED) is 0.541. The van der Waals surface area contributed by atoms with E-state index < -0.39 is 0 Å². The maximum Gasteiger partial charge on any atom is -0.00405 e. The molecule has 1 aliphatic rings. The highest BCUT2D eigenvalue weighted by Crippen LogP contribution is 2.36. The van der Waals surface area contributed by atoms with Gasteiger partial charge >= 0.3 is 0 Å². The van der Waals surface area contributed by atoms with Crippen molar-refractivity contribution >= 4 is 0 Å². The van der Waals surface area contributed by atoms with Crippen molar-refractivity contribution in [1.82, 2.24) is 5.32 Å². The van der Waals surface area contributed by atoms with E-state index >= 15 is 0 Å². The first-order valence-electron chi connectivity index (χ1n) is 6.71. The summed E-state index contributed by atoms with van der Waals surface area (Å²) in [4.78, 5) is 0. The Bertz CT molecular complexity index is 220. The van der Waals surface area contributed by atoms with Crippen molar-refractivity contribution in [3.63, 3.8) is 0 Å². The van der Waals surface area contributed by atoms with E-state index in [0.29, 0.717) is 5.41 Å². The minimum Gasteiger partial charge on any atom is -0.317 e. The van der Waals surface area contributed by atoms with Crippen LogP contribution >= 0.6 is 0 Å². The maximum atomic E-state index is 3.86. The summed E-state index contributed by atoms with van der Waals surface area (Å²) in [6.07, 6.45) is 8.42. The zero-order valence-electron chi connectivity index (χ0n) is 12.5. The van der Waals surface area contributed by atoms with Crippen molar-refractivity contribution in [3.8, 4) is 0 Å². The first-order valence-corrected chi connectivity index (χ1v) is 6.71. The SMILES string of the molecule is C=C/C(=C\C)C1(C)CCNCC1.C=CC.CC. The largest absolute Gasteiger partial charge is 0.317 e. The van der Waals surface area contributed by atoms with E-state index in [-0.39, 0.29) is 0 Å². The monoisotopic (exact) mass is 237 g/mol. The molecule has 1 rings (SSSR count). The van der Waals surface area contributed by atoms with Crippen LogP contribution in [0.4, 0.5) is 0 Å². The summed E-state index contributed by atoms with van der Waals surface area (Å²) >= 11 is 0. The summed E-state index contributed by atoms with van der Waals surface area (Å²) in [5.41, 5.74) is 1.78. The standard InChI is InChI=1S/C11H19N.C3H6.C2H6/c1-4-10(5-2)11(3)6-8-12-9-7-11;1-3-2;1-2/h4-5,12H,1,6-9H2,2-3H3;3H,1H2,2H3;1-2H3/b10-5+;;. The number of rotatable bonds is 2. The van der Waals surface area contributed by atoms with Crippen LogP contribution in [0.1, 0.15) is 47.5 Å². The molecule has 1 N–H and O–H groups in total. The zero-order chi connectivity index (χ0) is 13.7. The molecule has 0 unspecified atom stereocenters. The van der Waals surface area contributed by atoms with E-state index in [1.165, 1.54) is 18.4 Å². The smallest absolute Gasteiger partial charge is 0.00405 e. The third-order valence-corrected chi connectivity index (χ3v) is 2.93. The lowest BCUT2D eigenvalue weighted by atomic mass is 9.74. The molecule has 1 nitrogen and oxygen atoms in total. The van der Waals surface area contributed by atoms with Crippen LogP contribution in [-0.4, -0.2) is 13.1 Å². The molecule has 17 heavy (non-hydrogen) atoms. The third-order valence-electron chi connectivity index (χ3n) is 2.93. The predicted octanol–water partition coefficient (Wildman–Crippen LogP) is 4.73. The molecule has 100 valence electrons. The maximum absolute atomic E-state index is 3.86. The molecule has 0 aromatic rings. The van der Waals surface area contributed by atoms with Crippen LogP contribution in [0.5, 0.6) is 0 Å². The van der Waals surface area contributed by atoms with Gasteiger partial charge in [0.2, 0.25) is 0 Å². The molecule has 1 heteroatoms. The molecule has 1 fully saturated rings. The Morgan fingerprint density at radius 1 is 1.12 bits per heavy atom. The minimum absolute atomic E-state index is 0.377. The van der Waals surface area contributed by atoms with Crippen LogP contribution in [-0.2, 0) is 0 Å². The first-order chi connectivity index (χ1) is 8.14. The van der Waals surface area contributed by atoms with Crippen LogP contribution in [0.2, 0.25) is 0 Å². The van der Waals surface area contributed by atoms with E-state index in [1.807, 2.05) is 26.8 Å². The second kappa shape index (κ2) is 11.7. The zero-order valence-corrected chi connectivity index (χ0v) is 12.5. The highest BCUT2D eigenvalue weighted by Gasteiger charge is 2.28. The number of piperidine rings is 1. The Morgan fingerprint density at radius 3 is 1.82 bits per heavy atom. The lowest BCUT2D eigenvalue weighted by molar-refractivity contribution is 0.288. The molecule has 0 aromatic carbocycles. The van der Waals surface area contributed by atoms with Crippen molar-refractivity contribution in [2.75, 3.05) is 13.1 Å². The lowest BCUT2D eigenvalue weighted by Crippen LogP contribution is -2.35. The van der Waals surface area contributed by atoms with Gasteiger partial charge in [0, 0.05) is 0 Å². The molecule has 0 aromatic heterocycles. The molecule has 1 heterocycles. The number of nitrogens with one attached hydrogen (secondary N) is 1. The van der Waals surface area contributed by atoms with Crippen LogP contribution in [0.3, 0.4) is 0 Å². The van der Waals surface area contributed by atoms with Gasteiger partial charge in [-0.2, -0.15) is 0 Å².